The van der Waals surface area contributed by atoms with Gasteiger partial charge in [0.25, 0.3) is 0 Å². The van der Waals surface area contributed by atoms with E-state index in [4.69, 9.17) is 4.74 Å². The van der Waals surface area contributed by atoms with Crippen LogP contribution in [-0.2, 0) is 11.3 Å². The smallest absolute Gasteiger partial charge is 0.0774 e. The van der Waals surface area contributed by atoms with Gasteiger partial charge in [-0.05, 0) is 24.8 Å². The number of hydrogen-bond donors (Lipinski definition) is 1. The van der Waals surface area contributed by atoms with Gasteiger partial charge in [-0.2, -0.15) is 0 Å². The van der Waals surface area contributed by atoms with Crippen molar-refractivity contribution in [3.63, 3.8) is 0 Å². The van der Waals surface area contributed by atoms with Crippen molar-refractivity contribution < 1.29 is 9.84 Å². The van der Waals surface area contributed by atoms with Crippen LogP contribution in [0.5, 0.6) is 0 Å². The number of aliphatic hydroxyl groups is 1. The van der Waals surface area contributed by atoms with E-state index in [-0.39, 0.29) is 6.10 Å². The fourth-order valence-corrected chi connectivity index (χ4v) is 1.47. The first kappa shape index (κ1) is 12.9. The van der Waals surface area contributed by atoms with Crippen molar-refractivity contribution in [2.24, 2.45) is 0 Å². The van der Waals surface area contributed by atoms with Gasteiger partial charge in [-0.25, -0.2) is 0 Å². The Bertz CT molecular complexity index is 282. The third-order valence-corrected chi connectivity index (χ3v) is 2.37. The predicted octanol–water partition coefficient (Wildman–Crippen LogP) is 2.92. The van der Waals surface area contributed by atoms with Gasteiger partial charge in [-0.1, -0.05) is 36.4 Å². The van der Waals surface area contributed by atoms with Crippen molar-refractivity contribution in [3.05, 3.63) is 48.6 Å². The van der Waals surface area contributed by atoms with Gasteiger partial charge in [0.05, 0.1) is 19.3 Å². The van der Waals surface area contributed by atoms with E-state index in [2.05, 4.69) is 6.58 Å². The van der Waals surface area contributed by atoms with Gasteiger partial charge in [-0.15, -0.1) is 6.58 Å². The Kier molecular flexibility index (Phi) is 6.54. The number of ether oxygens (including phenoxy) is 1. The number of rotatable bonds is 8. The Morgan fingerprint density at radius 3 is 2.75 bits per heavy atom. The molecule has 0 aliphatic rings. The molecule has 0 amide bonds. The minimum absolute atomic E-state index is 0.358. The Morgan fingerprint density at radius 2 is 2.06 bits per heavy atom. The molecule has 0 aromatic heterocycles. The Hall–Kier alpha value is -1.12. The summed E-state index contributed by atoms with van der Waals surface area (Å²) in [5.41, 5.74) is 1.14. The average molecular weight is 220 g/mol. The molecule has 1 aromatic rings. The van der Waals surface area contributed by atoms with Gasteiger partial charge in [0, 0.05) is 0 Å². The molecule has 0 bridgehead atoms. The molecule has 1 N–H and O–H groups in total. The first-order chi connectivity index (χ1) is 7.83. The van der Waals surface area contributed by atoms with Crippen molar-refractivity contribution in [1.29, 1.82) is 0 Å². The van der Waals surface area contributed by atoms with Crippen LogP contribution in [0.15, 0.2) is 43.0 Å². The van der Waals surface area contributed by atoms with Gasteiger partial charge in [-0.3, -0.25) is 0 Å². The molecule has 2 nitrogen and oxygen atoms in total. The molecule has 0 fully saturated rings. The molecule has 1 rings (SSSR count). The fraction of sp³-hybridized carbons (Fsp3) is 0.429. The van der Waals surface area contributed by atoms with E-state index in [9.17, 15) is 5.11 Å². The second-order valence-corrected chi connectivity index (χ2v) is 3.87. The second-order valence-electron chi connectivity index (χ2n) is 3.87. The maximum Gasteiger partial charge on any atom is 0.0774 e. The largest absolute Gasteiger partial charge is 0.391 e. The summed E-state index contributed by atoms with van der Waals surface area (Å²) in [6, 6.07) is 9.99. The first-order valence-electron chi connectivity index (χ1n) is 5.73. The van der Waals surface area contributed by atoms with Crippen LogP contribution < -0.4 is 0 Å². The van der Waals surface area contributed by atoms with Gasteiger partial charge in [0.2, 0.25) is 0 Å². The van der Waals surface area contributed by atoms with Crippen LogP contribution in [0.4, 0.5) is 0 Å². The zero-order chi connectivity index (χ0) is 11.6. The summed E-state index contributed by atoms with van der Waals surface area (Å²) in [5, 5.41) is 9.59. The van der Waals surface area contributed by atoms with Crippen LogP contribution in [0.25, 0.3) is 0 Å². The zero-order valence-electron chi connectivity index (χ0n) is 9.64. The topological polar surface area (TPSA) is 29.5 Å². The van der Waals surface area contributed by atoms with Crippen LogP contribution in [0.3, 0.4) is 0 Å². The van der Waals surface area contributed by atoms with E-state index in [1.807, 2.05) is 36.4 Å². The highest BCUT2D eigenvalue weighted by Crippen LogP contribution is 2.04. The lowest BCUT2D eigenvalue weighted by Gasteiger charge is -2.10. The molecule has 0 aliphatic carbocycles. The molecule has 0 unspecified atom stereocenters. The molecule has 1 aromatic carbocycles. The van der Waals surface area contributed by atoms with Crippen molar-refractivity contribution >= 4 is 0 Å². The van der Waals surface area contributed by atoms with Crippen LogP contribution >= 0.6 is 0 Å². The highest BCUT2D eigenvalue weighted by molar-refractivity contribution is 5.13. The predicted molar refractivity (Wildman–Crippen MR) is 66.2 cm³/mol. The highest BCUT2D eigenvalue weighted by Gasteiger charge is 2.03. The summed E-state index contributed by atoms with van der Waals surface area (Å²) < 4.78 is 5.44. The first-order valence-corrected chi connectivity index (χ1v) is 5.73. The standard InChI is InChI=1S/C14H20O2/c1-2-3-5-10-14(15)12-16-11-13-8-6-4-7-9-13/h2,4,6-9,14-15H,1,3,5,10-12H2/t14-/m0/s1. The summed E-state index contributed by atoms with van der Waals surface area (Å²) in [6.45, 7) is 4.62. The van der Waals surface area contributed by atoms with Crippen molar-refractivity contribution in [3.8, 4) is 0 Å². The minimum atomic E-state index is -0.358. The van der Waals surface area contributed by atoms with E-state index in [0.29, 0.717) is 13.2 Å². The van der Waals surface area contributed by atoms with E-state index >= 15 is 0 Å². The quantitative estimate of drug-likeness (QED) is 0.539. The van der Waals surface area contributed by atoms with Crippen molar-refractivity contribution in [2.45, 2.75) is 32.0 Å². The van der Waals surface area contributed by atoms with Crippen LogP contribution in [-0.4, -0.2) is 17.8 Å². The summed E-state index contributed by atoms with van der Waals surface area (Å²) in [6.07, 6.45) is 4.22. The monoisotopic (exact) mass is 220 g/mol. The molecule has 88 valence electrons. The summed E-state index contributed by atoms with van der Waals surface area (Å²) >= 11 is 0. The van der Waals surface area contributed by atoms with E-state index < -0.39 is 0 Å². The Balaban J connectivity index is 2.08. The molecule has 16 heavy (non-hydrogen) atoms. The van der Waals surface area contributed by atoms with Gasteiger partial charge in [0.1, 0.15) is 0 Å². The van der Waals surface area contributed by atoms with E-state index in [0.717, 1.165) is 24.8 Å². The second kappa shape index (κ2) is 8.08. The normalized spacial score (nSPS) is 12.3. The molecule has 0 heterocycles. The van der Waals surface area contributed by atoms with Gasteiger partial charge < -0.3 is 9.84 Å². The average Bonchev–Trinajstić information content (AvgIpc) is 2.31. The molecule has 0 saturated carbocycles. The summed E-state index contributed by atoms with van der Waals surface area (Å²) in [5.74, 6) is 0. The van der Waals surface area contributed by atoms with Crippen LogP contribution in [0, 0.1) is 0 Å². The maximum absolute atomic E-state index is 9.59. The van der Waals surface area contributed by atoms with Crippen LogP contribution in [0.1, 0.15) is 24.8 Å². The minimum Gasteiger partial charge on any atom is -0.391 e. The molecular weight excluding hydrogens is 200 g/mol. The Labute approximate surface area is 97.6 Å². The third-order valence-electron chi connectivity index (χ3n) is 2.37. The maximum atomic E-state index is 9.59. The number of hydrogen-bond acceptors (Lipinski definition) is 2. The third kappa shape index (κ3) is 5.69. The van der Waals surface area contributed by atoms with E-state index in [1.165, 1.54) is 0 Å². The molecule has 0 spiro atoms. The molecule has 0 saturated heterocycles. The van der Waals surface area contributed by atoms with E-state index in [1.54, 1.807) is 0 Å². The molecule has 1 atom stereocenters. The number of aliphatic hydroxyl groups excluding tert-OH is 1. The van der Waals surface area contributed by atoms with Crippen molar-refractivity contribution in [1.82, 2.24) is 0 Å². The molecule has 2 heteroatoms. The summed E-state index contributed by atoms with van der Waals surface area (Å²) in [4.78, 5) is 0. The number of benzene rings is 1. The lowest BCUT2D eigenvalue weighted by Crippen LogP contribution is -2.14. The fourth-order valence-electron chi connectivity index (χ4n) is 1.47. The van der Waals surface area contributed by atoms with Gasteiger partial charge >= 0.3 is 0 Å². The zero-order valence-corrected chi connectivity index (χ0v) is 9.64. The SMILES string of the molecule is C=CCCC[C@H](O)COCc1ccccc1. The number of unbranched alkanes of at least 4 members (excludes halogenated alkanes) is 1. The summed E-state index contributed by atoms with van der Waals surface area (Å²) in [7, 11) is 0. The lowest BCUT2D eigenvalue weighted by atomic mass is 10.1. The Morgan fingerprint density at radius 1 is 1.31 bits per heavy atom. The molecule has 0 aliphatic heterocycles. The van der Waals surface area contributed by atoms with Crippen molar-refractivity contribution in [2.75, 3.05) is 6.61 Å². The lowest BCUT2D eigenvalue weighted by molar-refractivity contribution is 0.0238. The number of allylic oxidation sites excluding steroid dienone is 1. The van der Waals surface area contributed by atoms with Crippen LogP contribution in [0.2, 0.25) is 0 Å². The highest BCUT2D eigenvalue weighted by atomic mass is 16.5. The van der Waals surface area contributed by atoms with Gasteiger partial charge in [0.15, 0.2) is 0 Å². The molecular formula is C14H20O2. The molecule has 0 radical (unpaired) electrons.